The second-order valence-electron chi connectivity index (χ2n) is 10.2. The van der Waals surface area contributed by atoms with E-state index in [1.807, 2.05) is 24.3 Å². The fourth-order valence-corrected chi connectivity index (χ4v) is 4.24. The smallest absolute Gasteiger partial charge is 0.313 e. The maximum atomic E-state index is 15.4. The molecule has 37 heavy (non-hydrogen) atoms. The first kappa shape index (κ1) is 26.2. The molecule has 0 radical (unpaired) electrons. The van der Waals surface area contributed by atoms with Gasteiger partial charge in [0.15, 0.2) is 6.73 Å². The van der Waals surface area contributed by atoms with Crippen molar-refractivity contribution in [1.82, 2.24) is 5.32 Å². The zero-order valence-electron chi connectivity index (χ0n) is 21.5. The molecule has 6 nitrogen and oxygen atoms in total. The first-order valence-electron chi connectivity index (χ1n) is 12.4. The number of nitrogens with two attached hydrogens (primary N) is 1. The molecule has 0 unspecified atom stereocenters. The Morgan fingerprint density at radius 1 is 1.05 bits per heavy atom. The molecule has 0 aromatic heterocycles. The normalized spacial score (nSPS) is 14.2. The van der Waals surface area contributed by atoms with Crippen LogP contribution in [0.1, 0.15) is 43.0 Å². The van der Waals surface area contributed by atoms with Crippen LogP contribution in [0.4, 0.5) is 4.39 Å². The second kappa shape index (κ2) is 11.5. The van der Waals surface area contributed by atoms with Crippen LogP contribution in [0, 0.1) is 11.2 Å². The van der Waals surface area contributed by atoms with Crippen molar-refractivity contribution in [1.29, 1.82) is 0 Å². The number of benzene rings is 3. The molecule has 7 heteroatoms. The fourth-order valence-electron chi connectivity index (χ4n) is 4.24. The first-order valence-corrected chi connectivity index (χ1v) is 12.4. The van der Waals surface area contributed by atoms with Gasteiger partial charge in [-0.25, -0.2) is 14.4 Å². The van der Waals surface area contributed by atoms with E-state index in [9.17, 15) is 4.79 Å². The Morgan fingerprint density at radius 2 is 1.73 bits per heavy atom. The third kappa shape index (κ3) is 6.68. The predicted molar refractivity (Wildman–Crippen MR) is 146 cm³/mol. The molecule has 3 aromatic carbocycles. The molecular weight excluding hydrogens is 467 g/mol. The lowest BCUT2D eigenvalue weighted by atomic mass is 9.98. The van der Waals surface area contributed by atoms with Gasteiger partial charge in [0.1, 0.15) is 18.0 Å². The number of fused-ring (bicyclic) bond motifs is 1. The molecule has 192 valence electrons. The molecule has 0 spiro atoms. The monoisotopic (exact) mass is 500 g/mol. The number of nitrogens with one attached hydrogen (secondary N) is 1. The zero-order chi connectivity index (χ0) is 26.4. The minimum Gasteiger partial charge on any atom is -0.442 e. The van der Waals surface area contributed by atoms with Gasteiger partial charge >= 0.3 is 5.97 Å². The Morgan fingerprint density at radius 3 is 2.38 bits per heavy atom. The molecule has 1 aliphatic rings. The van der Waals surface area contributed by atoms with E-state index in [1.165, 1.54) is 17.5 Å². The van der Waals surface area contributed by atoms with Crippen LogP contribution >= 0.6 is 0 Å². The molecule has 0 bridgehead atoms. The van der Waals surface area contributed by atoms with Crippen LogP contribution in [0.5, 0.6) is 0 Å². The summed E-state index contributed by atoms with van der Waals surface area (Å²) < 4.78 is 20.4. The average Bonchev–Trinajstić information content (AvgIpc) is 3.30. The van der Waals surface area contributed by atoms with Gasteiger partial charge in [-0.05, 0) is 50.3 Å². The van der Waals surface area contributed by atoms with E-state index in [0.29, 0.717) is 29.3 Å². The SMILES string of the molecule is CC(C)(C)C(=O)OC/N=C/N=C(N)c1ccc(-c2cccc(CNC3Cc4ccccc4C3)c2F)cc1. The number of carbonyl (C=O) groups is 1. The van der Waals surface area contributed by atoms with Crippen molar-refractivity contribution in [3.63, 3.8) is 0 Å². The number of carbonyl (C=O) groups excluding carboxylic acids is 1. The molecule has 3 N–H and O–H groups in total. The highest BCUT2D eigenvalue weighted by molar-refractivity contribution is 6.01. The summed E-state index contributed by atoms with van der Waals surface area (Å²) in [6.45, 7) is 5.67. The number of hydrogen-bond acceptors (Lipinski definition) is 4. The standard InChI is InChI=1S/C30H33FN4O2/c1-30(2,3)29(36)37-19-33-18-35-28(32)21-13-11-20(12-14-21)26-10-6-9-24(27(26)31)17-34-25-15-22-7-4-5-8-23(22)16-25/h4-14,18,25,34H,15-17,19H2,1-3H3,(H2,32,33,35). The average molecular weight is 501 g/mol. The Labute approximate surface area is 217 Å². The van der Waals surface area contributed by atoms with Crippen LogP contribution in [-0.4, -0.2) is 30.9 Å². The van der Waals surface area contributed by atoms with Crippen molar-refractivity contribution in [3.8, 4) is 11.1 Å². The van der Waals surface area contributed by atoms with E-state index in [0.717, 1.165) is 18.4 Å². The van der Waals surface area contributed by atoms with Gasteiger partial charge in [-0.15, -0.1) is 0 Å². The van der Waals surface area contributed by atoms with Crippen molar-refractivity contribution >= 4 is 18.1 Å². The zero-order valence-corrected chi connectivity index (χ0v) is 21.5. The number of nitrogens with zero attached hydrogens (tertiary/aromatic N) is 2. The van der Waals surface area contributed by atoms with Gasteiger partial charge in [0.25, 0.3) is 0 Å². The van der Waals surface area contributed by atoms with Crippen molar-refractivity contribution in [3.05, 3.63) is 94.8 Å². The van der Waals surface area contributed by atoms with Gasteiger partial charge in [0.2, 0.25) is 0 Å². The quantitative estimate of drug-likeness (QED) is 0.258. The maximum absolute atomic E-state index is 15.4. The number of aliphatic imine (C=N–C) groups is 2. The van der Waals surface area contributed by atoms with Crippen molar-refractivity contribution in [2.24, 2.45) is 21.1 Å². The van der Waals surface area contributed by atoms with E-state index >= 15 is 4.39 Å². The molecule has 4 rings (SSSR count). The van der Waals surface area contributed by atoms with E-state index in [1.54, 1.807) is 39.0 Å². The van der Waals surface area contributed by atoms with Crippen LogP contribution in [0.3, 0.4) is 0 Å². The Kier molecular flexibility index (Phi) is 8.14. The lowest BCUT2D eigenvalue weighted by molar-refractivity contribution is -0.152. The largest absolute Gasteiger partial charge is 0.442 e. The van der Waals surface area contributed by atoms with Crippen molar-refractivity contribution in [2.45, 2.75) is 46.2 Å². The highest BCUT2D eigenvalue weighted by atomic mass is 19.1. The van der Waals surface area contributed by atoms with Crippen molar-refractivity contribution in [2.75, 3.05) is 6.73 Å². The summed E-state index contributed by atoms with van der Waals surface area (Å²) in [4.78, 5) is 19.8. The third-order valence-electron chi connectivity index (χ3n) is 6.36. The molecule has 3 aromatic rings. The lowest BCUT2D eigenvalue weighted by Gasteiger charge is -2.14. The van der Waals surface area contributed by atoms with Gasteiger partial charge in [-0.3, -0.25) is 4.79 Å². The van der Waals surface area contributed by atoms with Gasteiger partial charge in [-0.2, -0.15) is 0 Å². The number of rotatable bonds is 8. The number of hydrogen-bond donors (Lipinski definition) is 2. The van der Waals surface area contributed by atoms with Crippen LogP contribution in [0.25, 0.3) is 11.1 Å². The minimum absolute atomic E-state index is 0.121. The highest BCUT2D eigenvalue weighted by Gasteiger charge is 2.23. The van der Waals surface area contributed by atoms with Crippen LogP contribution < -0.4 is 11.1 Å². The summed E-state index contributed by atoms with van der Waals surface area (Å²) in [6, 6.07) is 21.5. The van der Waals surface area contributed by atoms with Gasteiger partial charge < -0.3 is 15.8 Å². The predicted octanol–water partition coefficient (Wildman–Crippen LogP) is 5.03. The second-order valence-corrected chi connectivity index (χ2v) is 10.2. The van der Waals surface area contributed by atoms with E-state index in [2.05, 4.69) is 39.6 Å². The van der Waals surface area contributed by atoms with E-state index in [4.69, 9.17) is 10.5 Å². The van der Waals surface area contributed by atoms with Gasteiger partial charge in [-0.1, -0.05) is 66.7 Å². The molecule has 0 amide bonds. The van der Waals surface area contributed by atoms with Crippen molar-refractivity contribution < 1.29 is 13.9 Å². The molecule has 0 saturated heterocycles. The van der Waals surface area contributed by atoms with Crippen LogP contribution in [0.2, 0.25) is 0 Å². The highest BCUT2D eigenvalue weighted by Crippen LogP contribution is 2.26. The lowest BCUT2D eigenvalue weighted by Crippen LogP contribution is -2.29. The first-order chi connectivity index (χ1) is 17.7. The Balaban J connectivity index is 1.35. The molecule has 0 atom stereocenters. The van der Waals surface area contributed by atoms with E-state index < -0.39 is 5.41 Å². The summed E-state index contributed by atoms with van der Waals surface area (Å²) in [6.07, 6.45) is 3.20. The van der Waals surface area contributed by atoms with Gasteiger partial charge in [0.05, 0.1) is 5.41 Å². The number of halogens is 1. The van der Waals surface area contributed by atoms with Crippen LogP contribution in [0.15, 0.2) is 76.7 Å². The summed E-state index contributed by atoms with van der Waals surface area (Å²) in [5.41, 5.74) is 10.8. The fraction of sp³-hybridized carbons (Fsp3) is 0.300. The summed E-state index contributed by atoms with van der Waals surface area (Å²) in [5, 5.41) is 3.52. The molecular formula is C30H33FN4O2. The Hall–Kier alpha value is -3.84. The Bertz CT molecular complexity index is 1280. The minimum atomic E-state index is -0.586. The molecule has 0 aliphatic heterocycles. The van der Waals surface area contributed by atoms with Gasteiger partial charge in [0, 0.05) is 29.3 Å². The topological polar surface area (TPSA) is 89.1 Å². The molecule has 0 saturated carbocycles. The van der Waals surface area contributed by atoms with Crippen LogP contribution in [-0.2, 0) is 28.9 Å². The number of ether oxygens (including phenoxy) is 1. The maximum Gasteiger partial charge on any atom is 0.313 e. The van der Waals surface area contributed by atoms with E-state index in [-0.39, 0.29) is 24.4 Å². The molecule has 1 aliphatic carbocycles. The molecule has 0 heterocycles. The summed E-state index contributed by atoms with van der Waals surface area (Å²) in [7, 11) is 0. The molecule has 0 fully saturated rings. The summed E-state index contributed by atoms with van der Waals surface area (Å²) >= 11 is 0. The number of amidine groups is 1. The summed E-state index contributed by atoms with van der Waals surface area (Å²) in [5.74, 6) is -0.307. The number of esters is 1. The third-order valence-corrected chi connectivity index (χ3v) is 6.36.